The summed E-state index contributed by atoms with van der Waals surface area (Å²) in [5.74, 6) is -0.459. The van der Waals surface area contributed by atoms with Gasteiger partial charge in [-0.2, -0.15) is 0 Å². The third-order valence-corrected chi connectivity index (χ3v) is 4.26. The van der Waals surface area contributed by atoms with E-state index in [4.69, 9.17) is 17.2 Å². The molecule has 0 aliphatic carbocycles. The Morgan fingerprint density at radius 2 is 1.59 bits per heavy atom. The minimum Gasteiger partial charge on any atom is -0.365 e. The van der Waals surface area contributed by atoms with Crippen molar-refractivity contribution in [1.29, 1.82) is 0 Å². The molecule has 0 saturated carbocycles. The molecule has 0 radical (unpaired) electrons. The van der Waals surface area contributed by atoms with Crippen molar-refractivity contribution in [1.82, 2.24) is 4.98 Å². The van der Waals surface area contributed by atoms with Gasteiger partial charge in [-0.1, -0.05) is 36.4 Å². The number of aromatic amines is 1. The molecule has 0 spiro atoms. The Hall–Kier alpha value is -3.03. The molecular formula is C19H22ClN5O2. The van der Waals surface area contributed by atoms with Gasteiger partial charge < -0.3 is 22.2 Å². The lowest BCUT2D eigenvalue weighted by Gasteiger charge is -2.19. The van der Waals surface area contributed by atoms with E-state index in [0.29, 0.717) is 10.9 Å². The molecule has 1 aromatic heterocycles. The number of urea groups is 1. The van der Waals surface area contributed by atoms with E-state index in [1.54, 1.807) is 6.07 Å². The van der Waals surface area contributed by atoms with Crippen LogP contribution in [0.5, 0.6) is 0 Å². The van der Waals surface area contributed by atoms with E-state index in [2.05, 4.69) is 10.3 Å². The molecule has 1 heterocycles. The van der Waals surface area contributed by atoms with E-state index < -0.39 is 17.5 Å². The van der Waals surface area contributed by atoms with Gasteiger partial charge in [0, 0.05) is 16.4 Å². The second kappa shape index (κ2) is 7.30. The fraction of sp³-hybridized carbons (Fsp3) is 0.158. The number of primary amides is 2. The van der Waals surface area contributed by atoms with Crippen molar-refractivity contribution in [2.45, 2.75) is 19.4 Å². The maximum atomic E-state index is 11.8. The summed E-state index contributed by atoms with van der Waals surface area (Å²) in [5.41, 5.74) is 20.2. The van der Waals surface area contributed by atoms with Crippen molar-refractivity contribution in [3.63, 3.8) is 0 Å². The number of carbonyl (C=O) groups is 2. The second-order valence-corrected chi connectivity index (χ2v) is 6.79. The van der Waals surface area contributed by atoms with Crippen LogP contribution in [0, 0.1) is 0 Å². The van der Waals surface area contributed by atoms with Crippen molar-refractivity contribution < 1.29 is 9.59 Å². The van der Waals surface area contributed by atoms with E-state index in [9.17, 15) is 9.59 Å². The first-order chi connectivity index (χ1) is 12.2. The highest BCUT2D eigenvalue weighted by atomic mass is 35.5. The average Bonchev–Trinajstić information content (AvgIpc) is 2.90. The summed E-state index contributed by atoms with van der Waals surface area (Å²) < 4.78 is 0. The van der Waals surface area contributed by atoms with E-state index in [1.165, 1.54) is 0 Å². The van der Waals surface area contributed by atoms with Crippen LogP contribution >= 0.6 is 12.4 Å². The Morgan fingerprint density at radius 3 is 2.11 bits per heavy atom. The molecule has 3 amide bonds. The van der Waals surface area contributed by atoms with Crippen LogP contribution in [0.3, 0.4) is 0 Å². The van der Waals surface area contributed by atoms with Gasteiger partial charge in [-0.25, -0.2) is 4.79 Å². The number of rotatable bonds is 4. The molecule has 0 bridgehead atoms. The Kier molecular flexibility index (Phi) is 5.48. The third kappa shape index (κ3) is 4.05. The summed E-state index contributed by atoms with van der Waals surface area (Å²) in [6, 6.07) is 12.7. The van der Waals surface area contributed by atoms with Crippen LogP contribution in [-0.4, -0.2) is 16.9 Å². The summed E-state index contributed by atoms with van der Waals surface area (Å²) in [7, 11) is 0. The Labute approximate surface area is 162 Å². The number of hydrogen-bond acceptors (Lipinski definition) is 3. The predicted octanol–water partition coefficient (Wildman–Crippen LogP) is 3.04. The molecule has 3 aromatic rings. The number of hydrogen-bond donors (Lipinski definition) is 5. The highest BCUT2D eigenvalue weighted by molar-refractivity contribution is 6.13. The molecule has 0 saturated heterocycles. The minimum atomic E-state index is -0.778. The number of halogens is 1. The number of benzene rings is 2. The van der Waals surface area contributed by atoms with Gasteiger partial charge in [-0.3, -0.25) is 10.1 Å². The summed E-state index contributed by atoms with van der Waals surface area (Å²) >= 11 is 0. The number of fused-ring (bicyclic) bond motifs is 1. The average molecular weight is 388 g/mol. The van der Waals surface area contributed by atoms with E-state index >= 15 is 0 Å². The van der Waals surface area contributed by atoms with Crippen molar-refractivity contribution in [3.05, 3.63) is 53.6 Å². The molecule has 0 aliphatic heterocycles. The van der Waals surface area contributed by atoms with Gasteiger partial charge in [0.1, 0.15) is 5.82 Å². The summed E-state index contributed by atoms with van der Waals surface area (Å²) in [6.07, 6.45) is 0. The molecule has 3 rings (SSSR count). The maximum Gasteiger partial charge on any atom is 0.317 e. The number of nitrogens with one attached hydrogen (secondary N) is 2. The highest BCUT2D eigenvalue weighted by Crippen LogP contribution is 2.31. The Bertz CT molecular complexity index is 1000. The molecule has 8 N–H and O–H groups in total. The SMILES string of the molecule is CC(C)(N)c1ccc(-c2ccc3c(C(N)=O)c(NC(N)=O)[nH]c3c2)cc1.Cl. The zero-order valence-corrected chi connectivity index (χ0v) is 15.8. The lowest BCUT2D eigenvalue weighted by Crippen LogP contribution is -2.28. The van der Waals surface area contributed by atoms with Crippen molar-refractivity contribution in [2.75, 3.05) is 5.32 Å². The van der Waals surface area contributed by atoms with Crippen LogP contribution in [0.2, 0.25) is 0 Å². The molecule has 0 unspecified atom stereocenters. The summed E-state index contributed by atoms with van der Waals surface area (Å²) in [5, 5.41) is 3.01. The molecule has 0 atom stereocenters. The van der Waals surface area contributed by atoms with Crippen molar-refractivity contribution >= 4 is 41.1 Å². The molecule has 0 fully saturated rings. The zero-order chi connectivity index (χ0) is 19.1. The van der Waals surface area contributed by atoms with Crippen LogP contribution < -0.4 is 22.5 Å². The first kappa shape index (κ1) is 20.3. The second-order valence-electron chi connectivity index (χ2n) is 6.79. The topological polar surface area (TPSA) is 140 Å². The van der Waals surface area contributed by atoms with Crippen LogP contribution in [0.25, 0.3) is 22.0 Å². The van der Waals surface area contributed by atoms with Crippen molar-refractivity contribution in [2.24, 2.45) is 17.2 Å². The first-order valence-corrected chi connectivity index (χ1v) is 8.08. The molecule has 0 aliphatic rings. The number of amides is 3. The molecule has 2 aromatic carbocycles. The maximum absolute atomic E-state index is 11.8. The van der Waals surface area contributed by atoms with Crippen LogP contribution in [0.4, 0.5) is 10.6 Å². The Balaban J connectivity index is 0.00000261. The molecule has 8 heteroatoms. The monoisotopic (exact) mass is 387 g/mol. The van der Waals surface area contributed by atoms with Gasteiger partial charge in [0.25, 0.3) is 5.91 Å². The summed E-state index contributed by atoms with van der Waals surface area (Å²) in [4.78, 5) is 25.9. The minimum absolute atomic E-state index is 0. The standard InChI is InChI=1S/C19H21N5O2.ClH/c1-19(2,22)12-6-3-10(4-7-12)11-5-8-13-14(9-11)23-17(24-18(21)26)15(13)16(20)25;/h3-9,23H,22H2,1-2H3,(H2,20,25)(H3,21,24,26);1H. The summed E-state index contributed by atoms with van der Waals surface area (Å²) in [6.45, 7) is 3.90. The fourth-order valence-electron chi connectivity index (χ4n) is 2.94. The first-order valence-electron chi connectivity index (χ1n) is 8.08. The number of anilines is 1. The number of H-pyrrole nitrogens is 1. The molecular weight excluding hydrogens is 366 g/mol. The quantitative estimate of drug-likeness (QED) is 0.469. The largest absolute Gasteiger partial charge is 0.365 e. The zero-order valence-electron chi connectivity index (χ0n) is 15.0. The van der Waals surface area contributed by atoms with Gasteiger partial charge >= 0.3 is 6.03 Å². The lowest BCUT2D eigenvalue weighted by molar-refractivity contribution is 0.100. The van der Waals surface area contributed by atoms with E-state index in [1.807, 2.05) is 50.2 Å². The van der Waals surface area contributed by atoms with E-state index in [0.717, 1.165) is 16.7 Å². The smallest absolute Gasteiger partial charge is 0.317 e. The number of aromatic nitrogens is 1. The normalized spacial score (nSPS) is 11.1. The van der Waals surface area contributed by atoms with Crippen LogP contribution in [0.15, 0.2) is 42.5 Å². The van der Waals surface area contributed by atoms with Crippen molar-refractivity contribution in [3.8, 4) is 11.1 Å². The van der Waals surface area contributed by atoms with Gasteiger partial charge in [0.05, 0.1) is 5.56 Å². The van der Waals surface area contributed by atoms with Gasteiger partial charge in [0.2, 0.25) is 0 Å². The van der Waals surface area contributed by atoms with Crippen LogP contribution in [0.1, 0.15) is 29.8 Å². The van der Waals surface area contributed by atoms with Gasteiger partial charge in [-0.05, 0) is 36.6 Å². The Morgan fingerprint density at radius 1 is 1.00 bits per heavy atom. The predicted molar refractivity (Wildman–Crippen MR) is 110 cm³/mol. The van der Waals surface area contributed by atoms with Gasteiger partial charge in [-0.15, -0.1) is 12.4 Å². The van der Waals surface area contributed by atoms with Crippen LogP contribution in [-0.2, 0) is 5.54 Å². The van der Waals surface area contributed by atoms with Gasteiger partial charge in [0.15, 0.2) is 0 Å². The fourth-order valence-corrected chi connectivity index (χ4v) is 2.94. The lowest BCUT2D eigenvalue weighted by atomic mass is 9.93. The molecule has 7 nitrogen and oxygen atoms in total. The highest BCUT2D eigenvalue weighted by Gasteiger charge is 2.18. The number of carbonyl (C=O) groups excluding carboxylic acids is 2. The third-order valence-electron chi connectivity index (χ3n) is 4.26. The molecule has 27 heavy (non-hydrogen) atoms. The molecule has 142 valence electrons. The van der Waals surface area contributed by atoms with E-state index in [-0.39, 0.29) is 23.8 Å². The number of nitrogens with two attached hydrogens (primary N) is 3.